The van der Waals surface area contributed by atoms with Gasteiger partial charge in [-0.2, -0.15) is 26.3 Å². The lowest BCUT2D eigenvalue weighted by molar-refractivity contribution is -0.143. The predicted molar refractivity (Wildman–Crippen MR) is 64.9 cm³/mol. The minimum atomic E-state index is -4.85. The van der Waals surface area contributed by atoms with Gasteiger partial charge in [-0.05, 0) is 37.1 Å². The third-order valence-electron chi connectivity index (χ3n) is 2.62. The Morgan fingerprint density at radius 3 is 2.05 bits per heavy atom. The first-order chi connectivity index (χ1) is 9.07. The van der Waals surface area contributed by atoms with Crippen molar-refractivity contribution in [1.82, 2.24) is 0 Å². The van der Waals surface area contributed by atoms with Gasteiger partial charge in [-0.25, -0.2) is 0 Å². The third-order valence-corrected chi connectivity index (χ3v) is 2.62. The van der Waals surface area contributed by atoms with E-state index in [0.29, 0.717) is 6.07 Å². The van der Waals surface area contributed by atoms with Gasteiger partial charge in [-0.15, -0.1) is 0 Å². The van der Waals surface area contributed by atoms with E-state index >= 15 is 0 Å². The maximum Gasteiger partial charge on any atom is 0.417 e. The molecule has 0 nitrogen and oxygen atoms in total. The first-order valence-corrected chi connectivity index (χ1v) is 5.65. The number of hydrogen-bond acceptors (Lipinski definition) is 0. The fourth-order valence-corrected chi connectivity index (χ4v) is 1.63. The van der Waals surface area contributed by atoms with E-state index in [4.69, 9.17) is 0 Å². The van der Waals surface area contributed by atoms with Gasteiger partial charge in [0.2, 0.25) is 0 Å². The Labute approximate surface area is 112 Å². The Bertz CT molecular complexity index is 532. The predicted octanol–water partition coefficient (Wildman–Crippen LogP) is 5.70. The number of allylic oxidation sites excluding steroid dienone is 4. The minimum absolute atomic E-state index is 0.141. The highest BCUT2D eigenvalue weighted by atomic mass is 19.4. The molecule has 1 rings (SSSR count). The van der Waals surface area contributed by atoms with Crippen LogP contribution in [0.1, 0.15) is 30.5 Å². The van der Waals surface area contributed by atoms with Crippen molar-refractivity contribution in [2.75, 3.05) is 0 Å². The maximum atomic E-state index is 12.9. The van der Waals surface area contributed by atoms with Gasteiger partial charge in [-0.1, -0.05) is 24.3 Å². The van der Waals surface area contributed by atoms with Crippen molar-refractivity contribution in [2.24, 2.45) is 0 Å². The molecule has 110 valence electrons. The van der Waals surface area contributed by atoms with E-state index in [1.165, 1.54) is 19.1 Å². The number of rotatable bonds is 2. The Morgan fingerprint density at radius 2 is 1.60 bits per heavy atom. The lowest BCUT2D eigenvalue weighted by Gasteiger charge is -2.16. The number of benzene rings is 1. The molecular weight excluding hydrogens is 282 g/mol. The molecule has 0 spiro atoms. The molecule has 0 atom stereocenters. The van der Waals surface area contributed by atoms with E-state index in [1.54, 1.807) is 13.0 Å². The quantitative estimate of drug-likeness (QED) is 0.484. The molecule has 0 aromatic heterocycles. The molecular formula is C14H12F6. The van der Waals surface area contributed by atoms with Crippen molar-refractivity contribution in [2.45, 2.75) is 26.2 Å². The summed E-state index contributed by atoms with van der Waals surface area (Å²) in [6, 6.07) is 1.64. The van der Waals surface area contributed by atoms with Gasteiger partial charge < -0.3 is 0 Å². The zero-order valence-corrected chi connectivity index (χ0v) is 10.7. The Morgan fingerprint density at radius 1 is 1.00 bits per heavy atom. The summed E-state index contributed by atoms with van der Waals surface area (Å²) in [5.74, 6) is 0. The van der Waals surface area contributed by atoms with Crippen molar-refractivity contribution in [3.8, 4) is 0 Å². The van der Waals surface area contributed by atoms with E-state index in [9.17, 15) is 26.3 Å². The van der Waals surface area contributed by atoms with Crippen LogP contribution in [-0.4, -0.2) is 0 Å². The largest absolute Gasteiger partial charge is 0.417 e. The standard InChI is InChI=1S/C14H12F6/c1-3-4-5-9(2)11-7-6-10(13(15,16)17)8-12(11)14(18,19)20/h3-8H,1-2H3/b4-3-,9-5+. The van der Waals surface area contributed by atoms with Gasteiger partial charge in [0.05, 0.1) is 11.1 Å². The number of alkyl halides is 6. The molecule has 0 aliphatic carbocycles. The normalized spacial score (nSPS) is 14.1. The van der Waals surface area contributed by atoms with E-state index in [2.05, 4.69) is 0 Å². The molecule has 0 aliphatic rings. The summed E-state index contributed by atoms with van der Waals surface area (Å²) in [6.45, 7) is 3.10. The number of hydrogen-bond donors (Lipinski definition) is 0. The molecule has 20 heavy (non-hydrogen) atoms. The van der Waals surface area contributed by atoms with Gasteiger partial charge >= 0.3 is 12.4 Å². The van der Waals surface area contributed by atoms with E-state index in [1.807, 2.05) is 0 Å². The second-order valence-corrected chi connectivity index (χ2v) is 4.13. The summed E-state index contributed by atoms with van der Waals surface area (Å²) >= 11 is 0. The summed E-state index contributed by atoms with van der Waals surface area (Å²) in [7, 11) is 0. The molecule has 6 heteroatoms. The third kappa shape index (κ3) is 3.88. The first-order valence-electron chi connectivity index (χ1n) is 5.65. The highest BCUT2D eigenvalue weighted by Gasteiger charge is 2.38. The Balaban J connectivity index is 3.47. The molecule has 0 aliphatic heterocycles. The van der Waals surface area contributed by atoms with Gasteiger partial charge in [0.25, 0.3) is 0 Å². The van der Waals surface area contributed by atoms with Crippen LogP contribution in [0.15, 0.2) is 36.4 Å². The molecule has 0 fully saturated rings. The molecule has 0 N–H and O–H groups in total. The molecule has 0 saturated heterocycles. The summed E-state index contributed by atoms with van der Waals surface area (Å²) in [5.41, 5.74) is -2.62. The lowest BCUT2D eigenvalue weighted by Crippen LogP contribution is -2.13. The Hall–Kier alpha value is -1.72. The summed E-state index contributed by atoms with van der Waals surface area (Å²) in [5, 5.41) is 0. The molecule has 0 bridgehead atoms. The molecule has 1 aromatic carbocycles. The molecule has 1 aromatic rings. The minimum Gasteiger partial charge on any atom is -0.166 e. The van der Waals surface area contributed by atoms with Crippen LogP contribution in [0, 0.1) is 0 Å². The van der Waals surface area contributed by atoms with Crippen LogP contribution in [0.3, 0.4) is 0 Å². The number of halogens is 6. The molecule has 0 amide bonds. The van der Waals surface area contributed by atoms with Crippen LogP contribution in [-0.2, 0) is 12.4 Å². The van der Waals surface area contributed by atoms with E-state index in [-0.39, 0.29) is 17.2 Å². The maximum absolute atomic E-state index is 12.9. The fourth-order valence-electron chi connectivity index (χ4n) is 1.63. The van der Waals surface area contributed by atoms with Crippen LogP contribution in [0.5, 0.6) is 0 Å². The van der Waals surface area contributed by atoms with Gasteiger partial charge in [0.15, 0.2) is 0 Å². The van der Waals surface area contributed by atoms with Crippen LogP contribution in [0.2, 0.25) is 0 Å². The van der Waals surface area contributed by atoms with E-state index < -0.39 is 23.5 Å². The topological polar surface area (TPSA) is 0 Å². The zero-order valence-electron chi connectivity index (χ0n) is 10.7. The molecule has 0 heterocycles. The van der Waals surface area contributed by atoms with Crippen molar-refractivity contribution < 1.29 is 26.3 Å². The van der Waals surface area contributed by atoms with Gasteiger partial charge in [0.1, 0.15) is 0 Å². The summed E-state index contributed by atoms with van der Waals surface area (Å²) in [6.07, 6.45) is -5.10. The van der Waals surface area contributed by atoms with Crippen molar-refractivity contribution >= 4 is 5.57 Å². The highest BCUT2D eigenvalue weighted by Crippen LogP contribution is 2.39. The highest BCUT2D eigenvalue weighted by molar-refractivity contribution is 5.69. The molecule has 0 unspecified atom stereocenters. The zero-order chi connectivity index (χ0) is 15.6. The second-order valence-electron chi connectivity index (χ2n) is 4.13. The van der Waals surface area contributed by atoms with Crippen molar-refractivity contribution in [1.29, 1.82) is 0 Å². The van der Waals surface area contributed by atoms with Crippen molar-refractivity contribution in [3.05, 3.63) is 53.1 Å². The van der Waals surface area contributed by atoms with Gasteiger partial charge in [0, 0.05) is 0 Å². The summed E-state index contributed by atoms with van der Waals surface area (Å²) < 4.78 is 76.2. The molecule has 0 saturated carbocycles. The van der Waals surface area contributed by atoms with Crippen molar-refractivity contribution in [3.63, 3.8) is 0 Å². The smallest absolute Gasteiger partial charge is 0.166 e. The average molecular weight is 294 g/mol. The van der Waals surface area contributed by atoms with Crippen LogP contribution in [0.25, 0.3) is 5.57 Å². The summed E-state index contributed by atoms with van der Waals surface area (Å²) in [4.78, 5) is 0. The average Bonchev–Trinajstić information content (AvgIpc) is 2.33. The fraction of sp³-hybridized carbons (Fsp3) is 0.286. The molecule has 0 radical (unpaired) electrons. The first kappa shape index (κ1) is 16.3. The van der Waals surface area contributed by atoms with Crippen LogP contribution >= 0.6 is 0 Å². The SMILES string of the molecule is C/C=C\C=C(/C)c1ccc(C(F)(F)F)cc1C(F)(F)F. The lowest BCUT2D eigenvalue weighted by atomic mass is 9.97. The van der Waals surface area contributed by atoms with E-state index in [0.717, 1.165) is 6.07 Å². The van der Waals surface area contributed by atoms with Crippen LogP contribution in [0.4, 0.5) is 26.3 Å². The van der Waals surface area contributed by atoms with Crippen LogP contribution < -0.4 is 0 Å². The van der Waals surface area contributed by atoms with Gasteiger partial charge in [-0.3, -0.25) is 0 Å². The monoisotopic (exact) mass is 294 g/mol. The Kier molecular flexibility index (Phi) is 4.68. The second kappa shape index (κ2) is 5.73.